The second-order valence-electron chi connectivity index (χ2n) is 5.49. The molecule has 0 saturated heterocycles. The Morgan fingerprint density at radius 2 is 1.50 bits per heavy atom. The van der Waals surface area contributed by atoms with Crippen molar-refractivity contribution < 1.29 is 13.2 Å². The summed E-state index contributed by atoms with van der Waals surface area (Å²) in [6.07, 6.45) is -3.49. The molecule has 2 aromatic carbocycles. The van der Waals surface area contributed by atoms with E-state index in [1.807, 2.05) is 38.1 Å². The fourth-order valence-corrected chi connectivity index (χ4v) is 2.60. The lowest BCUT2D eigenvalue weighted by Gasteiger charge is -2.20. The van der Waals surface area contributed by atoms with Gasteiger partial charge in [0.15, 0.2) is 0 Å². The van der Waals surface area contributed by atoms with Crippen molar-refractivity contribution >= 4 is 0 Å². The van der Waals surface area contributed by atoms with E-state index in [1.54, 1.807) is 12.1 Å². The van der Waals surface area contributed by atoms with Crippen LogP contribution in [-0.2, 0) is 6.18 Å². The molecule has 2 rings (SSSR count). The Bertz CT molecular complexity index is 617. The van der Waals surface area contributed by atoms with Crippen molar-refractivity contribution in [3.8, 4) is 0 Å². The van der Waals surface area contributed by atoms with Gasteiger partial charge in [-0.1, -0.05) is 50.2 Å². The van der Waals surface area contributed by atoms with E-state index in [9.17, 15) is 13.2 Å². The summed E-state index contributed by atoms with van der Waals surface area (Å²) >= 11 is 0. The quantitative estimate of drug-likeness (QED) is 0.818. The monoisotopic (exact) mass is 307 g/mol. The van der Waals surface area contributed by atoms with Crippen LogP contribution in [0.4, 0.5) is 13.2 Å². The molecule has 0 aromatic heterocycles. The van der Waals surface area contributed by atoms with E-state index in [1.165, 1.54) is 0 Å². The van der Waals surface area contributed by atoms with Crippen molar-refractivity contribution in [3.05, 3.63) is 70.8 Å². The van der Waals surface area contributed by atoms with Gasteiger partial charge in [-0.15, -0.1) is 0 Å². The first-order chi connectivity index (χ1) is 10.3. The van der Waals surface area contributed by atoms with Crippen LogP contribution in [0.15, 0.2) is 48.5 Å². The molecule has 0 amide bonds. The van der Waals surface area contributed by atoms with E-state index < -0.39 is 11.7 Å². The molecule has 118 valence electrons. The van der Waals surface area contributed by atoms with Crippen LogP contribution in [0, 0.1) is 0 Å². The molecule has 0 aliphatic heterocycles. The summed E-state index contributed by atoms with van der Waals surface area (Å²) < 4.78 is 37.9. The molecule has 2 atom stereocenters. The largest absolute Gasteiger partial charge is 0.416 e. The van der Waals surface area contributed by atoms with Gasteiger partial charge in [0.2, 0.25) is 0 Å². The van der Waals surface area contributed by atoms with Crippen LogP contribution < -0.4 is 5.73 Å². The van der Waals surface area contributed by atoms with Crippen LogP contribution in [0.1, 0.15) is 54.5 Å². The van der Waals surface area contributed by atoms with Gasteiger partial charge >= 0.3 is 6.18 Å². The minimum Gasteiger partial charge on any atom is -0.324 e. The number of rotatable bonds is 4. The minimum atomic E-state index is -4.30. The Balaban J connectivity index is 2.34. The summed E-state index contributed by atoms with van der Waals surface area (Å²) in [4.78, 5) is 0. The first-order valence-corrected chi connectivity index (χ1v) is 7.36. The molecule has 0 aliphatic carbocycles. The zero-order chi connectivity index (χ0) is 16.3. The number of hydrogen-bond acceptors (Lipinski definition) is 1. The summed E-state index contributed by atoms with van der Waals surface area (Å²) in [7, 11) is 0. The van der Waals surface area contributed by atoms with Gasteiger partial charge in [-0.25, -0.2) is 0 Å². The number of benzene rings is 2. The summed E-state index contributed by atoms with van der Waals surface area (Å²) in [5, 5.41) is 0. The van der Waals surface area contributed by atoms with E-state index in [4.69, 9.17) is 5.73 Å². The maximum atomic E-state index is 12.6. The molecular weight excluding hydrogens is 287 g/mol. The summed E-state index contributed by atoms with van der Waals surface area (Å²) in [6, 6.07) is 13.1. The van der Waals surface area contributed by atoms with Crippen LogP contribution in [0.25, 0.3) is 0 Å². The first-order valence-electron chi connectivity index (χ1n) is 7.36. The Labute approximate surface area is 129 Å². The zero-order valence-electron chi connectivity index (χ0n) is 12.7. The van der Waals surface area contributed by atoms with Gasteiger partial charge < -0.3 is 5.73 Å². The Hall–Kier alpha value is -1.81. The predicted octanol–water partition coefficient (Wildman–Crippen LogP) is 5.27. The van der Waals surface area contributed by atoms with Crippen molar-refractivity contribution in [1.82, 2.24) is 0 Å². The van der Waals surface area contributed by atoms with Crippen LogP contribution in [0.5, 0.6) is 0 Å². The Kier molecular flexibility index (Phi) is 4.91. The van der Waals surface area contributed by atoms with E-state index in [2.05, 4.69) is 0 Å². The molecule has 0 aliphatic rings. The molecular formula is C18H20F3N. The summed E-state index contributed by atoms with van der Waals surface area (Å²) in [5.41, 5.74) is 8.49. The molecule has 0 radical (unpaired) electrons. The third-order valence-corrected chi connectivity index (χ3v) is 4.04. The van der Waals surface area contributed by atoms with E-state index in [0.29, 0.717) is 0 Å². The molecule has 2 aromatic rings. The predicted molar refractivity (Wildman–Crippen MR) is 82.6 cm³/mol. The normalized spacial score (nSPS) is 14.6. The Morgan fingerprint density at radius 3 is 2.00 bits per heavy atom. The molecule has 2 unspecified atom stereocenters. The molecule has 2 N–H and O–H groups in total. The van der Waals surface area contributed by atoms with Gasteiger partial charge in [-0.2, -0.15) is 13.2 Å². The van der Waals surface area contributed by atoms with Gasteiger partial charge in [0.25, 0.3) is 0 Å². The Morgan fingerprint density at radius 1 is 0.955 bits per heavy atom. The van der Waals surface area contributed by atoms with E-state index in [0.717, 1.165) is 35.2 Å². The summed E-state index contributed by atoms with van der Waals surface area (Å²) in [6.45, 7) is 4.01. The lowest BCUT2D eigenvalue weighted by Crippen LogP contribution is -2.13. The average molecular weight is 307 g/mol. The number of hydrogen-bond donors (Lipinski definition) is 1. The third kappa shape index (κ3) is 3.50. The van der Waals surface area contributed by atoms with Gasteiger partial charge in [0, 0.05) is 12.0 Å². The maximum Gasteiger partial charge on any atom is 0.416 e. The smallest absolute Gasteiger partial charge is 0.324 e. The summed E-state index contributed by atoms with van der Waals surface area (Å²) in [5.74, 6) is -0.00363. The standard InChI is InChI=1S/C18H20F3N/c1-3-17(22)16-7-5-4-6-15(16)12(2)13-8-10-14(11-9-13)18(19,20)21/h4-12,17H,3,22H2,1-2H3. The van der Waals surface area contributed by atoms with Crippen molar-refractivity contribution in [2.45, 2.75) is 38.4 Å². The molecule has 22 heavy (non-hydrogen) atoms. The first kappa shape index (κ1) is 16.6. The maximum absolute atomic E-state index is 12.6. The highest BCUT2D eigenvalue weighted by Gasteiger charge is 2.30. The highest BCUT2D eigenvalue weighted by Crippen LogP contribution is 2.33. The second-order valence-corrected chi connectivity index (χ2v) is 5.49. The topological polar surface area (TPSA) is 26.0 Å². The number of nitrogens with two attached hydrogens (primary N) is 1. The highest BCUT2D eigenvalue weighted by atomic mass is 19.4. The molecule has 1 nitrogen and oxygen atoms in total. The van der Waals surface area contributed by atoms with Crippen molar-refractivity contribution in [3.63, 3.8) is 0 Å². The van der Waals surface area contributed by atoms with E-state index in [-0.39, 0.29) is 12.0 Å². The van der Waals surface area contributed by atoms with Crippen LogP contribution in [-0.4, -0.2) is 0 Å². The van der Waals surface area contributed by atoms with Crippen LogP contribution >= 0.6 is 0 Å². The SMILES string of the molecule is CCC(N)c1ccccc1C(C)c1ccc(C(F)(F)F)cc1. The highest BCUT2D eigenvalue weighted by molar-refractivity contribution is 5.40. The fourth-order valence-electron chi connectivity index (χ4n) is 2.60. The van der Waals surface area contributed by atoms with Crippen LogP contribution in [0.3, 0.4) is 0 Å². The van der Waals surface area contributed by atoms with Crippen LogP contribution in [0.2, 0.25) is 0 Å². The van der Waals surface area contributed by atoms with Gasteiger partial charge in [0.05, 0.1) is 5.56 Å². The van der Waals surface area contributed by atoms with Crippen molar-refractivity contribution in [2.75, 3.05) is 0 Å². The van der Waals surface area contributed by atoms with Gasteiger partial charge in [-0.05, 0) is 35.2 Å². The lowest BCUT2D eigenvalue weighted by molar-refractivity contribution is -0.137. The van der Waals surface area contributed by atoms with Gasteiger partial charge in [-0.3, -0.25) is 0 Å². The molecule has 0 bridgehead atoms. The zero-order valence-corrected chi connectivity index (χ0v) is 12.7. The van der Waals surface area contributed by atoms with Crippen molar-refractivity contribution in [1.29, 1.82) is 0 Å². The number of alkyl halides is 3. The van der Waals surface area contributed by atoms with E-state index >= 15 is 0 Å². The molecule has 0 fully saturated rings. The number of halogens is 3. The molecule has 0 heterocycles. The molecule has 0 saturated carbocycles. The third-order valence-electron chi connectivity index (χ3n) is 4.04. The van der Waals surface area contributed by atoms with Gasteiger partial charge in [0.1, 0.15) is 0 Å². The molecule has 4 heteroatoms. The second kappa shape index (κ2) is 6.53. The minimum absolute atomic E-state index is 0.00363. The molecule has 0 spiro atoms. The average Bonchev–Trinajstić information content (AvgIpc) is 2.52. The fraction of sp³-hybridized carbons (Fsp3) is 0.333. The van der Waals surface area contributed by atoms with Crippen molar-refractivity contribution in [2.24, 2.45) is 5.73 Å². The lowest BCUT2D eigenvalue weighted by atomic mass is 9.86.